The lowest BCUT2D eigenvalue weighted by Gasteiger charge is -2.03. The van der Waals surface area contributed by atoms with Crippen LogP contribution in [-0.4, -0.2) is 11.8 Å². The fourth-order valence-corrected chi connectivity index (χ4v) is 2.26. The Balaban J connectivity index is 1.76. The minimum absolute atomic E-state index is 0.184. The number of allylic oxidation sites excluding steroid dienone is 3. The fraction of sp³-hybridized carbons (Fsp3) is 0.100. The van der Waals surface area contributed by atoms with Gasteiger partial charge in [0.15, 0.2) is 5.76 Å². The molecule has 0 radical (unpaired) electrons. The number of fused-ring (bicyclic) bond motifs is 1. The predicted molar refractivity (Wildman–Crippen MR) is 90.9 cm³/mol. The molecule has 1 aliphatic rings. The van der Waals surface area contributed by atoms with Gasteiger partial charge in [-0.2, -0.15) is 0 Å². The molecular formula is C20H16O4. The fourth-order valence-electron chi connectivity index (χ4n) is 2.26. The van der Waals surface area contributed by atoms with Crippen molar-refractivity contribution in [2.45, 2.75) is 13.3 Å². The Morgan fingerprint density at radius 3 is 2.71 bits per heavy atom. The number of benzene rings is 2. The minimum Gasteiger partial charge on any atom is -0.452 e. The second-order valence-corrected chi connectivity index (χ2v) is 5.22. The van der Waals surface area contributed by atoms with Crippen molar-refractivity contribution in [1.29, 1.82) is 0 Å². The summed E-state index contributed by atoms with van der Waals surface area (Å²) in [7, 11) is 0. The average Bonchev–Trinajstić information content (AvgIpc) is 2.91. The predicted octanol–water partition coefficient (Wildman–Crippen LogP) is 4.17. The highest BCUT2D eigenvalue weighted by atomic mass is 16.5. The smallest absolute Gasteiger partial charge is 0.310 e. The number of Topliss-reactive ketones (excluding diaryl/α,β-unsaturated/α-hetero) is 1. The molecule has 0 fully saturated rings. The van der Waals surface area contributed by atoms with Crippen LogP contribution in [0.3, 0.4) is 0 Å². The lowest BCUT2D eigenvalue weighted by molar-refractivity contribution is -0.134. The van der Waals surface area contributed by atoms with E-state index in [-0.39, 0.29) is 23.9 Å². The standard InChI is InChI=1S/C20H16O4/c1-2-19(21)23-15-11-12-16-18(13-15)24-17(20(16)22)10-6-9-14-7-4-3-5-8-14/h3-13H,2H2,1H3/b9-6+,17-10+. The third-order valence-corrected chi connectivity index (χ3v) is 3.50. The maximum absolute atomic E-state index is 12.3. The van der Waals surface area contributed by atoms with Crippen LogP contribution in [0.25, 0.3) is 6.08 Å². The van der Waals surface area contributed by atoms with Crippen LogP contribution in [0.2, 0.25) is 0 Å². The van der Waals surface area contributed by atoms with Crippen LogP contribution >= 0.6 is 0 Å². The Kier molecular flexibility index (Phi) is 4.57. The second-order valence-electron chi connectivity index (χ2n) is 5.22. The quantitative estimate of drug-likeness (QED) is 0.482. The van der Waals surface area contributed by atoms with Gasteiger partial charge in [0.1, 0.15) is 11.5 Å². The Hall–Kier alpha value is -3.14. The van der Waals surface area contributed by atoms with Crippen LogP contribution < -0.4 is 9.47 Å². The monoisotopic (exact) mass is 320 g/mol. The number of ether oxygens (including phenoxy) is 2. The van der Waals surface area contributed by atoms with Gasteiger partial charge in [0.2, 0.25) is 5.78 Å². The van der Waals surface area contributed by atoms with Gasteiger partial charge in [-0.25, -0.2) is 0 Å². The van der Waals surface area contributed by atoms with Gasteiger partial charge in [0.05, 0.1) is 5.56 Å². The molecule has 1 aliphatic heterocycles. The molecule has 24 heavy (non-hydrogen) atoms. The molecule has 0 atom stereocenters. The zero-order chi connectivity index (χ0) is 16.9. The van der Waals surface area contributed by atoms with Crippen LogP contribution in [0.4, 0.5) is 0 Å². The van der Waals surface area contributed by atoms with E-state index in [0.29, 0.717) is 17.1 Å². The highest BCUT2D eigenvalue weighted by molar-refractivity contribution is 6.12. The van der Waals surface area contributed by atoms with Crippen molar-refractivity contribution in [3.63, 3.8) is 0 Å². The summed E-state index contributed by atoms with van der Waals surface area (Å²) in [5.41, 5.74) is 1.50. The molecule has 0 unspecified atom stereocenters. The molecule has 1 heterocycles. The summed E-state index contributed by atoms with van der Waals surface area (Å²) in [6.07, 6.45) is 5.58. The van der Waals surface area contributed by atoms with Gasteiger partial charge in [0, 0.05) is 12.5 Å². The number of hydrogen-bond donors (Lipinski definition) is 0. The average molecular weight is 320 g/mol. The van der Waals surface area contributed by atoms with Gasteiger partial charge < -0.3 is 9.47 Å². The van der Waals surface area contributed by atoms with Gasteiger partial charge in [-0.15, -0.1) is 0 Å². The van der Waals surface area contributed by atoms with Crippen molar-refractivity contribution in [2.75, 3.05) is 0 Å². The molecule has 0 aliphatic carbocycles. The van der Waals surface area contributed by atoms with Gasteiger partial charge in [0.25, 0.3) is 0 Å². The highest BCUT2D eigenvalue weighted by Gasteiger charge is 2.27. The summed E-state index contributed by atoms with van der Waals surface area (Å²) in [6, 6.07) is 14.5. The summed E-state index contributed by atoms with van der Waals surface area (Å²) in [4.78, 5) is 23.6. The van der Waals surface area contributed by atoms with Crippen molar-refractivity contribution in [2.24, 2.45) is 0 Å². The third kappa shape index (κ3) is 3.43. The number of esters is 1. The van der Waals surface area contributed by atoms with E-state index in [0.717, 1.165) is 5.56 Å². The maximum atomic E-state index is 12.3. The Bertz CT molecular complexity index is 832. The topological polar surface area (TPSA) is 52.6 Å². The van der Waals surface area contributed by atoms with Crippen LogP contribution in [0.1, 0.15) is 29.3 Å². The van der Waals surface area contributed by atoms with E-state index in [4.69, 9.17) is 9.47 Å². The molecule has 0 amide bonds. The lowest BCUT2D eigenvalue weighted by Crippen LogP contribution is -2.05. The summed E-state index contributed by atoms with van der Waals surface area (Å²) in [6.45, 7) is 1.72. The molecule has 4 heteroatoms. The molecule has 0 N–H and O–H groups in total. The molecule has 0 saturated carbocycles. The van der Waals surface area contributed by atoms with Crippen molar-refractivity contribution in [3.8, 4) is 11.5 Å². The molecule has 120 valence electrons. The third-order valence-electron chi connectivity index (χ3n) is 3.50. The second kappa shape index (κ2) is 6.96. The highest BCUT2D eigenvalue weighted by Crippen LogP contribution is 2.34. The van der Waals surface area contributed by atoms with Gasteiger partial charge >= 0.3 is 5.97 Å². The van der Waals surface area contributed by atoms with Gasteiger partial charge in [-0.1, -0.05) is 49.4 Å². The first-order chi connectivity index (χ1) is 11.7. The minimum atomic E-state index is -0.333. The van der Waals surface area contributed by atoms with Crippen LogP contribution in [0.5, 0.6) is 11.5 Å². The summed E-state index contributed by atoms with van der Waals surface area (Å²) < 4.78 is 10.7. The normalized spacial score (nSPS) is 14.7. The molecule has 2 aromatic carbocycles. The number of ketones is 1. The summed E-state index contributed by atoms with van der Waals surface area (Å²) in [5.74, 6) is 0.503. The largest absolute Gasteiger partial charge is 0.452 e. The molecule has 2 aromatic rings. The lowest BCUT2D eigenvalue weighted by atomic mass is 10.1. The van der Waals surface area contributed by atoms with E-state index in [1.54, 1.807) is 37.3 Å². The first-order valence-corrected chi connectivity index (χ1v) is 7.68. The number of carbonyl (C=O) groups is 2. The first-order valence-electron chi connectivity index (χ1n) is 7.68. The Labute approximate surface area is 140 Å². The van der Waals surface area contributed by atoms with E-state index < -0.39 is 0 Å². The first kappa shape index (κ1) is 15.7. The summed E-state index contributed by atoms with van der Waals surface area (Å²) in [5, 5.41) is 0. The van der Waals surface area contributed by atoms with E-state index in [9.17, 15) is 9.59 Å². The number of rotatable bonds is 4. The molecule has 4 nitrogen and oxygen atoms in total. The van der Waals surface area contributed by atoms with E-state index in [1.807, 2.05) is 36.4 Å². The molecule has 0 spiro atoms. The van der Waals surface area contributed by atoms with E-state index in [2.05, 4.69) is 0 Å². The molecule has 0 saturated heterocycles. The van der Waals surface area contributed by atoms with Gasteiger partial charge in [-0.05, 0) is 23.8 Å². The van der Waals surface area contributed by atoms with Crippen molar-refractivity contribution in [3.05, 3.63) is 77.6 Å². The molecule has 0 bridgehead atoms. The van der Waals surface area contributed by atoms with Crippen molar-refractivity contribution >= 4 is 17.8 Å². The van der Waals surface area contributed by atoms with E-state index in [1.165, 1.54) is 0 Å². The molecule has 0 aromatic heterocycles. The van der Waals surface area contributed by atoms with Gasteiger partial charge in [-0.3, -0.25) is 9.59 Å². The maximum Gasteiger partial charge on any atom is 0.310 e. The molecular weight excluding hydrogens is 304 g/mol. The summed E-state index contributed by atoms with van der Waals surface area (Å²) >= 11 is 0. The number of hydrogen-bond acceptors (Lipinski definition) is 4. The van der Waals surface area contributed by atoms with E-state index >= 15 is 0 Å². The number of carbonyl (C=O) groups excluding carboxylic acids is 2. The zero-order valence-corrected chi connectivity index (χ0v) is 13.2. The zero-order valence-electron chi connectivity index (χ0n) is 13.2. The van der Waals surface area contributed by atoms with Crippen LogP contribution in [-0.2, 0) is 4.79 Å². The van der Waals surface area contributed by atoms with Crippen LogP contribution in [0.15, 0.2) is 66.4 Å². The SMILES string of the molecule is CCC(=O)Oc1ccc2c(c1)O/C(=C/C=C/c1ccccc1)C2=O. The van der Waals surface area contributed by atoms with Crippen molar-refractivity contribution in [1.82, 2.24) is 0 Å². The Morgan fingerprint density at radius 1 is 1.17 bits per heavy atom. The van der Waals surface area contributed by atoms with Crippen molar-refractivity contribution < 1.29 is 19.1 Å². The molecule has 3 rings (SSSR count). The van der Waals surface area contributed by atoms with Crippen LogP contribution in [0, 0.1) is 0 Å². The Morgan fingerprint density at radius 2 is 1.96 bits per heavy atom.